The molecule has 0 unspecified atom stereocenters. The van der Waals surface area contributed by atoms with Crippen molar-refractivity contribution in [3.8, 4) is 0 Å². The van der Waals surface area contributed by atoms with Crippen LogP contribution in [0.5, 0.6) is 0 Å². The van der Waals surface area contributed by atoms with Crippen molar-refractivity contribution in [2.45, 2.75) is 44.4 Å². The Kier molecular flexibility index (Phi) is 3.45. The molecule has 1 aromatic carbocycles. The van der Waals surface area contributed by atoms with Crippen molar-refractivity contribution in [2.75, 3.05) is 0 Å². The molecule has 0 saturated carbocycles. The van der Waals surface area contributed by atoms with Gasteiger partial charge < -0.3 is 9.88 Å². The number of H-pyrrole nitrogens is 2. The number of amides is 1. The van der Waals surface area contributed by atoms with Gasteiger partial charge in [-0.1, -0.05) is 6.07 Å². The lowest BCUT2D eigenvalue weighted by Crippen LogP contribution is -2.42. The van der Waals surface area contributed by atoms with E-state index in [1.807, 2.05) is 12.0 Å². The first-order valence-electron chi connectivity index (χ1n) is 9.00. The highest BCUT2D eigenvalue weighted by Gasteiger charge is 2.46. The van der Waals surface area contributed by atoms with Gasteiger partial charge in [-0.3, -0.25) is 9.89 Å². The van der Waals surface area contributed by atoms with Crippen LogP contribution in [0.15, 0.2) is 18.2 Å². The Morgan fingerprint density at radius 1 is 1.29 bits per heavy atom. The van der Waals surface area contributed by atoms with Crippen molar-refractivity contribution < 1.29 is 22.4 Å². The van der Waals surface area contributed by atoms with Crippen molar-refractivity contribution in [3.63, 3.8) is 0 Å². The minimum atomic E-state index is -4.59. The van der Waals surface area contributed by atoms with Gasteiger partial charge in [-0.2, -0.15) is 18.3 Å². The number of carbonyl (C=O) groups is 1. The van der Waals surface area contributed by atoms with Crippen LogP contribution in [0.2, 0.25) is 0 Å². The number of fused-ring (bicyclic) bond motifs is 6. The minimum absolute atomic E-state index is 0.146. The fourth-order valence-electron chi connectivity index (χ4n) is 4.67. The molecule has 146 valence electrons. The van der Waals surface area contributed by atoms with Gasteiger partial charge in [-0.25, -0.2) is 4.39 Å². The molecule has 0 aliphatic carbocycles. The van der Waals surface area contributed by atoms with Crippen molar-refractivity contribution in [3.05, 3.63) is 52.2 Å². The number of aromatic nitrogens is 3. The summed E-state index contributed by atoms with van der Waals surface area (Å²) in [7, 11) is 0. The maximum atomic E-state index is 14.3. The zero-order valence-corrected chi connectivity index (χ0v) is 14.8. The molecule has 5 rings (SSSR count). The van der Waals surface area contributed by atoms with Crippen molar-refractivity contribution in [1.29, 1.82) is 0 Å². The van der Waals surface area contributed by atoms with Gasteiger partial charge in [0.05, 0.1) is 11.6 Å². The lowest BCUT2D eigenvalue weighted by Gasteiger charge is -2.34. The van der Waals surface area contributed by atoms with Crippen LogP contribution >= 0.6 is 0 Å². The van der Waals surface area contributed by atoms with Crippen LogP contribution in [0.1, 0.15) is 51.9 Å². The predicted octanol–water partition coefficient (Wildman–Crippen LogP) is 4.26. The highest BCUT2D eigenvalue weighted by Crippen LogP contribution is 2.48. The van der Waals surface area contributed by atoms with Crippen LogP contribution in [-0.4, -0.2) is 32.0 Å². The first-order valence-corrected chi connectivity index (χ1v) is 9.00. The summed E-state index contributed by atoms with van der Waals surface area (Å²) in [4.78, 5) is 17.8. The molecule has 1 saturated heterocycles. The normalized spacial score (nSPS) is 21.4. The summed E-state index contributed by atoms with van der Waals surface area (Å²) in [6.07, 6.45) is -2.65. The first-order chi connectivity index (χ1) is 13.3. The first kappa shape index (κ1) is 17.3. The van der Waals surface area contributed by atoms with Gasteiger partial charge in [0.2, 0.25) is 0 Å². The summed E-state index contributed by atoms with van der Waals surface area (Å²) in [5, 5.41) is 6.25. The van der Waals surface area contributed by atoms with Gasteiger partial charge in [0, 0.05) is 35.2 Å². The molecule has 1 amide bonds. The van der Waals surface area contributed by atoms with E-state index in [0.717, 1.165) is 34.7 Å². The standard InChI is InChI=1S/C19H16F4N4O/c1-8-2-4-10(20)17-15(8)16-11(24-17)6-9-3-5-13(16)27(9)18(28)12-7-14(26-25-12)19(21,22)23/h2,4,7,9,13,24H,3,5-6H2,1H3,(H,25,26)/t9-,13+/m1/s1. The number of rotatable bonds is 1. The van der Waals surface area contributed by atoms with Crippen molar-refractivity contribution in [2.24, 2.45) is 0 Å². The van der Waals surface area contributed by atoms with Gasteiger partial charge in [-0.05, 0) is 31.4 Å². The smallest absolute Gasteiger partial charge is 0.356 e. The van der Waals surface area contributed by atoms with Crippen LogP contribution in [0.25, 0.3) is 10.9 Å². The van der Waals surface area contributed by atoms with E-state index >= 15 is 0 Å². The van der Waals surface area contributed by atoms with Crippen molar-refractivity contribution >= 4 is 16.8 Å². The van der Waals surface area contributed by atoms with Crippen LogP contribution < -0.4 is 0 Å². The monoisotopic (exact) mass is 392 g/mol. The Morgan fingerprint density at radius 3 is 2.79 bits per heavy atom. The number of benzene rings is 1. The van der Waals surface area contributed by atoms with Crippen LogP contribution in [0, 0.1) is 12.7 Å². The number of hydrogen-bond acceptors (Lipinski definition) is 2. The second kappa shape index (κ2) is 5.59. The molecule has 2 bridgehead atoms. The van der Waals surface area contributed by atoms with Gasteiger partial charge in [0.15, 0.2) is 5.69 Å². The van der Waals surface area contributed by atoms with Gasteiger partial charge in [0.1, 0.15) is 11.5 Å². The lowest BCUT2D eigenvalue weighted by atomic mass is 9.94. The number of nitrogens with one attached hydrogen (secondary N) is 2. The molecule has 0 radical (unpaired) electrons. The largest absolute Gasteiger partial charge is 0.432 e. The van der Waals surface area contributed by atoms with Gasteiger partial charge in [0.25, 0.3) is 5.91 Å². The Labute approximate surface area is 156 Å². The Hall–Kier alpha value is -2.84. The van der Waals surface area contributed by atoms with Crippen LogP contribution in [-0.2, 0) is 12.6 Å². The van der Waals surface area contributed by atoms with E-state index in [4.69, 9.17) is 0 Å². The lowest BCUT2D eigenvalue weighted by molar-refractivity contribution is -0.141. The average Bonchev–Trinajstić information content (AvgIpc) is 3.33. The van der Waals surface area contributed by atoms with Crippen molar-refractivity contribution in [1.82, 2.24) is 20.1 Å². The maximum Gasteiger partial charge on any atom is 0.432 e. The molecular weight excluding hydrogens is 376 g/mol. The molecule has 2 aromatic heterocycles. The summed E-state index contributed by atoms with van der Waals surface area (Å²) in [5.41, 5.74) is 1.79. The zero-order chi connectivity index (χ0) is 19.8. The van der Waals surface area contributed by atoms with Crippen LogP contribution in [0.4, 0.5) is 17.6 Å². The Bertz CT molecular complexity index is 1110. The number of alkyl halides is 3. The average molecular weight is 392 g/mol. The number of nitrogens with zero attached hydrogens (tertiary/aromatic N) is 2. The molecule has 1 fully saturated rings. The number of hydrogen-bond donors (Lipinski definition) is 2. The number of aryl methyl sites for hydroxylation is 1. The SMILES string of the molecule is Cc1ccc(F)c2[nH]c3c(c12)[C@@H]1CC[C@H](C3)N1C(=O)c1cc(C(F)(F)F)[nH]n1. The molecule has 5 nitrogen and oxygen atoms in total. The third-order valence-corrected chi connectivity index (χ3v) is 5.85. The highest BCUT2D eigenvalue weighted by atomic mass is 19.4. The Morgan fingerprint density at radius 2 is 2.07 bits per heavy atom. The zero-order valence-electron chi connectivity index (χ0n) is 14.8. The summed E-state index contributed by atoms with van der Waals surface area (Å²) in [5.74, 6) is -0.890. The number of aromatic amines is 2. The summed E-state index contributed by atoms with van der Waals surface area (Å²) < 4.78 is 52.8. The molecule has 28 heavy (non-hydrogen) atoms. The van der Waals surface area contributed by atoms with E-state index in [1.54, 1.807) is 11.0 Å². The Balaban J connectivity index is 1.59. The second-order valence-corrected chi connectivity index (χ2v) is 7.46. The van der Waals surface area contributed by atoms with E-state index in [-0.39, 0.29) is 23.6 Å². The summed E-state index contributed by atoms with van der Waals surface area (Å²) >= 11 is 0. The molecule has 2 atom stereocenters. The molecule has 3 aromatic rings. The third-order valence-electron chi connectivity index (χ3n) is 5.85. The quantitative estimate of drug-likeness (QED) is 0.608. The number of halogens is 4. The fraction of sp³-hybridized carbons (Fsp3) is 0.368. The summed E-state index contributed by atoms with van der Waals surface area (Å²) in [6, 6.07) is 3.40. The van der Waals surface area contributed by atoms with E-state index in [0.29, 0.717) is 18.4 Å². The molecule has 0 spiro atoms. The molecule has 2 N–H and O–H groups in total. The predicted molar refractivity (Wildman–Crippen MR) is 92.2 cm³/mol. The minimum Gasteiger partial charge on any atom is -0.356 e. The van der Waals surface area contributed by atoms with E-state index in [9.17, 15) is 22.4 Å². The van der Waals surface area contributed by atoms with E-state index < -0.39 is 17.8 Å². The van der Waals surface area contributed by atoms with E-state index in [1.165, 1.54) is 6.07 Å². The number of carbonyl (C=O) groups excluding carboxylic acids is 1. The van der Waals surface area contributed by atoms with E-state index in [2.05, 4.69) is 10.1 Å². The summed E-state index contributed by atoms with van der Waals surface area (Å²) in [6.45, 7) is 1.88. The molecule has 2 aliphatic heterocycles. The molecule has 9 heteroatoms. The van der Waals surface area contributed by atoms with Crippen LogP contribution in [0.3, 0.4) is 0 Å². The fourth-order valence-corrected chi connectivity index (χ4v) is 4.67. The molecule has 2 aliphatic rings. The van der Waals surface area contributed by atoms with Gasteiger partial charge >= 0.3 is 6.18 Å². The second-order valence-electron chi connectivity index (χ2n) is 7.46. The maximum absolute atomic E-state index is 14.3. The van der Waals surface area contributed by atoms with Gasteiger partial charge in [-0.15, -0.1) is 0 Å². The topological polar surface area (TPSA) is 64.8 Å². The third kappa shape index (κ3) is 2.31. The molecular formula is C19H16F4N4O. The molecule has 4 heterocycles. The highest BCUT2D eigenvalue weighted by molar-refractivity contribution is 5.95.